The van der Waals surface area contributed by atoms with Gasteiger partial charge in [0.15, 0.2) is 0 Å². The first-order valence-electron chi connectivity index (χ1n) is 6.40. The highest BCUT2D eigenvalue weighted by Gasteiger charge is 2.03. The number of amides is 2. The van der Waals surface area contributed by atoms with Gasteiger partial charge >= 0.3 is 6.03 Å². The zero-order chi connectivity index (χ0) is 14.5. The molecule has 20 heavy (non-hydrogen) atoms. The second-order valence-corrected chi connectivity index (χ2v) is 4.51. The van der Waals surface area contributed by atoms with E-state index in [0.29, 0.717) is 0 Å². The summed E-state index contributed by atoms with van der Waals surface area (Å²) in [7, 11) is 3.51. The zero-order valence-corrected chi connectivity index (χ0v) is 11.9. The van der Waals surface area contributed by atoms with E-state index in [0.717, 1.165) is 23.6 Å². The Hall–Kier alpha value is -2.50. The number of urea groups is 1. The van der Waals surface area contributed by atoms with E-state index in [-0.39, 0.29) is 6.03 Å². The van der Waals surface area contributed by atoms with E-state index in [1.165, 1.54) is 5.56 Å². The minimum Gasteiger partial charge on any atom is -0.381 e. The highest BCUT2D eigenvalue weighted by atomic mass is 16.2. The number of hydrogen-bond donors (Lipinski definition) is 3. The Labute approximate surface area is 118 Å². The number of nitrogens with one attached hydrogen (secondary N) is 3. The van der Waals surface area contributed by atoms with Crippen LogP contribution in [0.15, 0.2) is 30.5 Å². The van der Waals surface area contributed by atoms with Gasteiger partial charge in [-0.05, 0) is 31.2 Å². The molecule has 2 amide bonds. The van der Waals surface area contributed by atoms with E-state index in [1.807, 2.05) is 49.1 Å². The molecule has 2 rings (SSSR count). The molecule has 0 spiro atoms. The Kier molecular flexibility index (Phi) is 4.24. The van der Waals surface area contributed by atoms with Crippen molar-refractivity contribution < 1.29 is 4.79 Å². The van der Waals surface area contributed by atoms with E-state index in [1.54, 1.807) is 7.05 Å². The summed E-state index contributed by atoms with van der Waals surface area (Å²) in [6.07, 6.45) is 1.86. The highest BCUT2D eigenvalue weighted by Crippen LogP contribution is 2.15. The molecular weight excluding hydrogens is 254 g/mol. The highest BCUT2D eigenvalue weighted by molar-refractivity contribution is 5.89. The minimum absolute atomic E-state index is 0.225. The summed E-state index contributed by atoms with van der Waals surface area (Å²) in [4.78, 5) is 11.2. The van der Waals surface area contributed by atoms with Crippen molar-refractivity contribution in [2.75, 3.05) is 17.7 Å². The van der Waals surface area contributed by atoms with Crippen LogP contribution in [-0.2, 0) is 13.6 Å². The minimum atomic E-state index is -0.225. The van der Waals surface area contributed by atoms with Gasteiger partial charge in [0.05, 0.1) is 6.20 Å². The van der Waals surface area contributed by atoms with Crippen LogP contribution in [0.25, 0.3) is 0 Å². The fraction of sp³-hybridized carbons (Fsp3) is 0.286. The number of carbonyl (C=O) groups is 1. The summed E-state index contributed by atoms with van der Waals surface area (Å²) in [6, 6.07) is 7.34. The van der Waals surface area contributed by atoms with E-state index >= 15 is 0 Å². The summed E-state index contributed by atoms with van der Waals surface area (Å²) in [5.74, 6) is 0. The molecule has 0 atom stereocenters. The summed E-state index contributed by atoms with van der Waals surface area (Å²) in [6.45, 7) is 2.77. The number of nitrogens with zero attached hydrogens (tertiary/aromatic N) is 2. The normalized spacial score (nSPS) is 10.2. The molecule has 1 aromatic carbocycles. The van der Waals surface area contributed by atoms with Crippen LogP contribution in [-0.4, -0.2) is 22.9 Å². The third-order valence-corrected chi connectivity index (χ3v) is 3.19. The lowest BCUT2D eigenvalue weighted by atomic mass is 10.2. The quantitative estimate of drug-likeness (QED) is 0.799. The van der Waals surface area contributed by atoms with Crippen molar-refractivity contribution in [1.29, 1.82) is 0 Å². The van der Waals surface area contributed by atoms with Gasteiger partial charge in [-0.25, -0.2) is 4.79 Å². The van der Waals surface area contributed by atoms with E-state index in [9.17, 15) is 4.79 Å². The van der Waals surface area contributed by atoms with Crippen LogP contribution in [0.1, 0.15) is 11.3 Å². The third kappa shape index (κ3) is 3.28. The molecule has 106 valence electrons. The summed E-state index contributed by atoms with van der Waals surface area (Å²) in [5.41, 5.74) is 4.07. The van der Waals surface area contributed by atoms with E-state index in [2.05, 4.69) is 21.0 Å². The monoisotopic (exact) mass is 273 g/mol. The maximum atomic E-state index is 11.2. The molecule has 6 nitrogen and oxygen atoms in total. The topological polar surface area (TPSA) is 71.0 Å². The summed E-state index contributed by atoms with van der Waals surface area (Å²) < 4.78 is 1.85. The Bertz CT molecular complexity index is 588. The fourth-order valence-electron chi connectivity index (χ4n) is 1.78. The number of aromatic nitrogens is 2. The molecule has 0 saturated carbocycles. The second kappa shape index (κ2) is 6.10. The van der Waals surface area contributed by atoms with Gasteiger partial charge in [-0.2, -0.15) is 5.10 Å². The summed E-state index contributed by atoms with van der Waals surface area (Å²) >= 11 is 0. The molecule has 6 heteroatoms. The molecular formula is C14H19N5O. The number of aryl methyl sites for hydroxylation is 1. The molecule has 0 aliphatic heterocycles. The first-order valence-corrected chi connectivity index (χ1v) is 6.40. The smallest absolute Gasteiger partial charge is 0.318 e. The predicted molar refractivity (Wildman–Crippen MR) is 79.8 cm³/mol. The molecule has 2 aromatic rings. The molecule has 1 aromatic heterocycles. The zero-order valence-electron chi connectivity index (χ0n) is 11.9. The van der Waals surface area contributed by atoms with Crippen LogP contribution in [0.5, 0.6) is 0 Å². The Morgan fingerprint density at radius 2 is 1.90 bits per heavy atom. The lowest BCUT2D eigenvalue weighted by molar-refractivity contribution is 0.254. The molecule has 0 saturated heterocycles. The van der Waals surface area contributed by atoms with Crippen molar-refractivity contribution >= 4 is 17.4 Å². The van der Waals surface area contributed by atoms with Crippen LogP contribution in [0.2, 0.25) is 0 Å². The number of hydrogen-bond acceptors (Lipinski definition) is 3. The molecule has 1 heterocycles. The van der Waals surface area contributed by atoms with Crippen molar-refractivity contribution in [3.05, 3.63) is 41.7 Å². The van der Waals surface area contributed by atoms with Gasteiger partial charge in [0.25, 0.3) is 0 Å². The average molecular weight is 273 g/mol. The van der Waals surface area contributed by atoms with Gasteiger partial charge in [0.1, 0.15) is 0 Å². The fourth-order valence-corrected chi connectivity index (χ4v) is 1.78. The van der Waals surface area contributed by atoms with Gasteiger partial charge in [-0.15, -0.1) is 0 Å². The number of rotatable bonds is 4. The predicted octanol–water partition coefficient (Wildman–Crippen LogP) is 2.09. The van der Waals surface area contributed by atoms with Gasteiger partial charge in [-0.3, -0.25) is 4.68 Å². The Balaban J connectivity index is 1.94. The number of benzene rings is 1. The van der Waals surface area contributed by atoms with Crippen molar-refractivity contribution in [2.24, 2.45) is 7.05 Å². The molecule has 0 fully saturated rings. The molecule has 0 bridgehead atoms. The van der Waals surface area contributed by atoms with Crippen molar-refractivity contribution in [2.45, 2.75) is 13.5 Å². The maximum absolute atomic E-state index is 11.2. The third-order valence-electron chi connectivity index (χ3n) is 3.19. The first kappa shape index (κ1) is 13.9. The standard InChI is InChI=1S/C14H19N5O/c1-10-11(9-17-19(10)3)8-16-12-4-6-13(7-5-12)18-14(20)15-2/h4-7,9,16H,8H2,1-3H3,(H2,15,18,20). The number of anilines is 2. The number of carbonyl (C=O) groups excluding carboxylic acids is 1. The largest absolute Gasteiger partial charge is 0.381 e. The van der Waals surface area contributed by atoms with Crippen molar-refractivity contribution in [1.82, 2.24) is 15.1 Å². The lowest BCUT2D eigenvalue weighted by Gasteiger charge is -2.08. The van der Waals surface area contributed by atoms with Crippen molar-refractivity contribution in [3.63, 3.8) is 0 Å². The van der Waals surface area contributed by atoms with Gasteiger partial charge in [0, 0.05) is 43.3 Å². The average Bonchev–Trinajstić information content (AvgIpc) is 2.78. The van der Waals surface area contributed by atoms with Crippen LogP contribution in [0, 0.1) is 6.92 Å². The lowest BCUT2D eigenvalue weighted by Crippen LogP contribution is -2.24. The summed E-state index contributed by atoms with van der Waals surface area (Å²) in [5, 5.41) is 12.8. The first-order chi connectivity index (χ1) is 9.60. The second-order valence-electron chi connectivity index (χ2n) is 4.51. The van der Waals surface area contributed by atoms with E-state index in [4.69, 9.17) is 0 Å². The molecule has 0 aliphatic rings. The van der Waals surface area contributed by atoms with Gasteiger partial charge in [-0.1, -0.05) is 0 Å². The maximum Gasteiger partial charge on any atom is 0.318 e. The van der Waals surface area contributed by atoms with Crippen LogP contribution >= 0.6 is 0 Å². The Morgan fingerprint density at radius 1 is 1.25 bits per heavy atom. The van der Waals surface area contributed by atoms with Gasteiger partial charge in [0.2, 0.25) is 0 Å². The Morgan fingerprint density at radius 3 is 2.45 bits per heavy atom. The van der Waals surface area contributed by atoms with Crippen LogP contribution < -0.4 is 16.0 Å². The van der Waals surface area contributed by atoms with Gasteiger partial charge < -0.3 is 16.0 Å². The molecule has 0 radical (unpaired) electrons. The molecule has 0 unspecified atom stereocenters. The van der Waals surface area contributed by atoms with Crippen molar-refractivity contribution in [3.8, 4) is 0 Å². The SMILES string of the molecule is CNC(=O)Nc1ccc(NCc2cnn(C)c2C)cc1. The van der Waals surface area contributed by atoms with E-state index < -0.39 is 0 Å². The molecule has 0 aliphatic carbocycles. The van der Waals surface area contributed by atoms with Crippen LogP contribution in [0.3, 0.4) is 0 Å². The molecule has 3 N–H and O–H groups in total. The van der Waals surface area contributed by atoms with Crippen LogP contribution in [0.4, 0.5) is 16.2 Å².